The van der Waals surface area contributed by atoms with Crippen LogP contribution in [-0.2, 0) is 0 Å². The Bertz CT molecular complexity index is 137. The highest BCUT2D eigenvalue weighted by atomic mass is 15.1. The number of unbranched alkanes of at least 4 members (excludes halogenated alkanes) is 5. The highest BCUT2D eigenvalue weighted by Gasteiger charge is 2.11. The molecule has 0 spiro atoms. The van der Waals surface area contributed by atoms with Crippen molar-refractivity contribution in [1.29, 1.82) is 0 Å². The molecule has 0 aromatic heterocycles. The lowest BCUT2D eigenvalue weighted by Crippen LogP contribution is -2.38. The highest BCUT2D eigenvalue weighted by molar-refractivity contribution is 4.69. The second-order valence-electron chi connectivity index (χ2n) is 4.93. The zero-order valence-electron chi connectivity index (χ0n) is 11.7. The van der Waals surface area contributed by atoms with E-state index in [-0.39, 0.29) is 0 Å². The van der Waals surface area contributed by atoms with Crippen LogP contribution in [0.25, 0.3) is 0 Å². The van der Waals surface area contributed by atoms with Gasteiger partial charge < -0.3 is 10.6 Å². The van der Waals surface area contributed by atoms with Crippen LogP contribution in [0.1, 0.15) is 65.2 Å². The van der Waals surface area contributed by atoms with E-state index in [1.54, 1.807) is 0 Å². The van der Waals surface area contributed by atoms with Crippen LogP contribution in [0.15, 0.2) is 0 Å². The zero-order valence-corrected chi connectivity index (χ0v) is 11.7. The zero-order chi connectivity index (χ0) is 12.2. The lowest BCUT2D eigenvalue weighted by molar-refractivity contribution is 0.226. The maximum absolute atomic E-state index is 5.85. The SMILES string of the molecule is CCCCCCC(CN)N(C)CCCCC. The largest absolute Gasteiger partial charge is 0.329 e. The van der Waals surface area contributed by atoms with Gasteiger partial charge in [0.05, 0.1) is 0 Å². The summed E-state index contributed by atoms with van der Waals surface area (Å²) in [6, 6.07) is 0.605. The van der Waals surface area contributed by atoms with Crippen molar-refractivity contribution in [2.45, 2.75) is 71.3 Å². The molecule has 0 aromatic rings. The standard InChI is InChI=1S/C14H32N2/c1-4-6-8-9-11-14(13-15)16(3)12-10-7-5-2/h14H,4-13,15H2,1-3H3. The second kappa shape index (κ2) is 11.4. The summed E-state index contributed by atoms with van der Waals surface area (Å²) in [5.74, 6) is 0. The Labute approximate surface area is 103 Å². The first kappa shape index (κ1) is 15.9. The summed E-state index contributed by atoms with van der Waals surface area (Å²) in [5, 5.41) is 0. The summed E-state index contributed by atoms with van der Waals surface area (Å²) in [6.07, 6.45) is 10.6. The van der Waals surface area contributed by atoms with Crippen molar-refractivity contribution in [3.63, 3.8) is 0 Å². The van der Waals surface area contributed by atoms with E-state index in [2.05, 4.69) is 25.8 Å². The molecule has 0 bridgehead atoms. The fourth-order valence-corrected chi connectivity index (χ4v) is 2.12. The number of rotatable bonds is 11. The molecule has 2 heteroatoms. The maximum atomic E-state index is 5.85. The molecule has 0 saturated heterocycles. The summed E-state index contributed by atoms with van der Waals surface area (Å²) in [6.45, 7) is 6.54. The minimum atomic E-state index is 0.605. The van der Waals surface area contributed by atoms with Crippen LogP contribution in [0.3, 0.4) is 0 Å². The molecular weight excluding hydrogens is 196 g/mol. The van der Waals surface area contributed by atoms with Crippen molar-refractivity contribution in [2.75, 3.05) is 20.1 Å². The first-order valence-corrected chi connectivity index (χ1v) is 7.16. The van der Waals surface area contributed by atoms with Gasteiger partial charge in [-0.1, -0.05) is 52.4 Å². The van der Waals surface area contributed by atoms with Crippen molar-refractivity contribution >= 4 is 0 Å². The van der Waals surface area contributed by atoms with Gasteiger partial charge in [-0.05, 0) is 26.4 Å². The minimum Gasteiger partial charge on any atom is -0.329 e. The fraction of sp³-hybridized carbons (Fsp3) is 1.00. The van der Waals surface area contributed by atoms with Crippen molar-refractivity contribution < 1.29 is 0 Å². The van der Waals surface area contributed by atoms with Gasteiger partial charge in [0.2, 0.25) is 0 Å². The molecule has 1 unspecified atom stereocenters. The quantitative estimate of drug-likeness (QED) is 0.549. The molecule has 98 valence electrons. The molecule has 2 nitrogen and oxygen atoms in total. The molecule has 0 saturated carbocycles. The Morgan fingerprint density at radius 2 is 1.56 bits per heavy atom. The second-order valence-corrected chi connectivity index (χ2v) is 4.93. The molecule has 16 heavy (non-hydrogen) atoms. The van der Waals surface area contributed by atoms with Gasteiger partial charge in [0, 0.05) is 12.6 Å². The smallest absolute Gasteiger partial charge is 0.0215 e. The van der Waals surface area contributed by atoms with Gasteiger partial charge in [-0.25, -0.2) is 0 Å². The van der Waals surface area contributed by atoms with Crippen molar-refractivity contribution in [1.82, 2.24) is 4.90 Å². The van der Waals surface area contributed by atoms with Gasteiger partial charge >= 0.3 is 0 Å². The Balaban J connectivity index is 3.61. The number of likely N-dealkylation sites (N-methyl/N-ethyl adjacent to an activating group) is 1. The molecule has 0 aliphatic rings. The van der Waals surface area contributed by atoms with E-state index in [4.69, 9.17) is 5.73 Å². The van der Waals surface area contributed by atoms with Gasteiger partial charge in [-0.15, -0.1) is 0 Å². The van der Waals surface area contributed by atoms with Crippen LogP contribution in [0, 0.1) is 0 Å². The Hall–Kier alpha value is -0.0800. The molecule has 0 heterocycles. The first-order chi connectivity index (χ1) is 7.76. The summed E-state index contributed by atoms with van der Waals surface area (Å²) < 4.78 is 0. The summed E-state index contributed by atoms with van der Waals surface area (Å²) in [4.78, 5) is 2.46. The molecule has 0 aliphatic heterocycles. The molecule has 2 N–H and O–H groups in total. The lowest BCUT2D eigenvalue weighted by Gasteiger charge is -2.27. The van der Waals surface area contributed by atoms with E-state index in [1.165, 1.54) is 57.9 Å². The van der Waals surface area contributed by atoms with E-state index in [0.29, 0.717) is 6.04 Å². The van der Waals surface area contributed by atoms with Crippen LogP contribution in [0.5, 0.6) is 0 Å². The molecule has 0 fully saturated rings. The number of hydrogen-bond donors (Lipinski definition) is 1. The number of hydrogen-bond acceptors (Lipinski definition) is 2. The predicted octanol–water partition coefficient (Wildman–Crippen LogP) is 3.41. The monoisotopic (exact) mass is 228 g/mol. The van der Waals surface area contributed by atoms with E-state index in [1.807, 2.05) is 0 Å². The van der Waals surface area contributed by atoms with Crippen LogP contribution in [0.2, 0.25) is 0 Å². The molecule has 0 radical (unpaired) electrons. The van der Waals surface area contributed by atoms with Gasteiger partial charge in [0.1, 0.15) is 0 Å². The minimum absolute atomic E-state index is 0.605. The Kier molecular flexibility index (Phi) is 11.3. The van der Waals surface area contributed by atoms with Crippen molar-refractivity contribution in [3.05, 3.63) is 0 Å². The van der Waals surface area contributed by atoms with E-state index >= 15 is 0 Å². The predicted molar refractivity (Wildman–Crippen MR) is 73.8 cm³/mol. The summed E-state index contributed by atoms with van der Waals surface area (Å²) in [7, 11) is 2.23. The van der Waals surface area contributed by atoms with Gasteiger partial charge in [-0.3, -0.25) is 0 Å². The molecule has 0 rings (SSSR count). The fourth-order valence-electron chi connectivity index (χ4n) is 2.12. The number of nitrogens with two attached hydrogens (primary N) is 1. The summed E-state index contributed by atoms with van der Waals surface area (Å²) >= 11 is 0. The van der Waals surface area contributed by atoms with E-state index in [9.17, 15) is 0 Å². The molecule has 0 aromatic carbocycles. The van der Waals surface area contributed by atoms with Crippen molar-refractivity contribution in [3.8, 4) is 0 Å². The van der Waals surface area contributed by atoms with Crippen molar-refractivity contribution in [2.24, 2.45) is 5.73 Å². The average Bonchev–Trinajstić information content (AvgIpc) is 2.29. The van der Waals surface area contributed by atoms with E-state index in [0.717, 1.165) is 6.54 Å². The van der Waals surface area contributed by atoms with Gasteiger partial charge in [-0.2, -0.15) is 0 Å². The maximum Gasteiger partial charge on any atom is 0.0215 e. The van der Waals surface area contributed by atoms with Gasteiger partial charge in [0.25, 0.3) is 0 Å². The van der Waals surface area contributed by atoms with Crippen LogP contribution in [-0.4, -0.2) is 31.1 Å². The third-order valence-corrected chi connectivity index (χ3v) is 3.40. The molecule has 0 aliphatic carbocycles. The Morgan fingerprint density at radius 3 is 2.12 bits per heavy atom. The molecular formula is C14H32N2. The van der Waals surface area contributed by atoms with Crippen LogP contribution in [0.4, 0.5) is 0 Å². The molecule has 1 atom stereocenters. The van der Waals surface area contributed by atoms with Crippen LogP contribution >= 0.6 is 0 Å². The average molecular weight is 228 g/mol. The Morgan fingerprint density at radius 1 is 0.938 bits per heavy atom. The van der Waals surface area contributed by atoms with Gasteiger partial charge in [0.15, 0.2) is 0 Å². The number of nitrogens with zero attached hydrogens (tertiary/aromatic N) is 1. The molecule has 0 amide bonds. The topological polar surface area (TPSA) is 29.3 Å². The highest BCUT2D eigenvalue weighted by Crippen LogP contribution is 2.10. The first-order valence-electron chi connectivity index (χ1n) is 7.16. The lowest BCUT2D eigenvalue weighted by atomic mass is 10.1. The summed E-state index contributed by atoms with van der Waals surface area (Å²) in [5.41, 5.74) is 5.85. The van der Waals surface area contributed by atoms with Crippen LogP contribution < -0.4 is 5.73 Å². The third kappa shape index (κ3) is 8.12. The van der Waals surface area contributed by atoms with E-state index < -0.39 is 0 Å². The third-order valence-electron chi connectivity index (χ3n) is 3.40. The normalized spacial score (nSPS) is 13.3.